The van der Waals surface area contributed by atoms with Crippen molar-refractivity contribution < 1.29 is 36.2 Å². The van der Waals surface area contributed by atoms with E-state index in [1.54, 1.807) is 6.92 Å². The van der Waals surface area contributed by atoms with Gasteiger partial charge >= 0.3 is 18.3 Å². The van der Waals surface area contributed by atoms with Crippen LogP contribution in [0.1, 0.15) is 74.3 Å². The zero-order valence-electron chi connectivity index (χ0n) is 24.4. The Hall–Kier alpha value is -3.49. The first-order chi connectivity index (χ1) is 19.5. The number of anilines is 1. The van der Waals surface area contributed by atoms with Crippen LogP contribution in [-0.2, 0) is 23.7 Å². The average Bonchev–Trinajstić information content (AvgIpc) is 2.89. The second kappa shape index (κ2) is 13.2. The quantitative estimate of drug-likeness (QED) is 0.225. The van der Waals surface area contributed by atoms with Crippen molar-refractivity contribution in [1.82, 2.24) is 0 Å². The van der Waals surface area contributed by atoms with Crippen molar-refractivity contribution in [2.75, 3.05) is 11.4 Å². The van der Waals surface area contributed by atoms with Crippen LogP contribution in [0.2, 0.25) is 0 Å². The molecule has 0 fully saturated rings. The minimum atomic E-state index is -4.50. The van der Waals surface area contributed by atoms with Gasteiger partial charge < -0.3 is 10.0 Å². The standard InChI is InChI=1S/C33H37F6NO2/c1-20(2)14-15-40(19-23-6-10-25(11-7-23)32(34,35)36)27-17-28(24-8-12-26(13-9-24)33(37,38)39)22(5)29(18-27)30(31(41)42)16-21(3)4/h6-13,17-18,20-21,30H,14-16,19H2,1-5H3,(H,41,42). The highest BCUT2D eigenvalue weighted by Gasteiger charge is 2.31. The molecule has 9 heteroatoms. The van der Waals surface area contributed by atoms with Gasteiger partial charge in [0, 0.05) is 18.8 Å². The third-order valence-corrected chi connectivity index (χ3v) is 7.33. The molecule has 0 radical (unpaired) electrons. The van der Waals surface area contributed by atoms with Gasteiger partial charge in [-0.2, -0.15) is 26.3 Å². The van der Waals surface area contributed by atoms with Crippen molar-refractivity contribution in [3.05, 3.63) is 88.5 Å². The van der Waals surface area contributed by atoms with Gasteiger partial charge in [-0.3, -0.25) is 4.79 Å². The van der Waals surface area contributed by atoms with Gasteiger partial charge in [0.25, 0.3) is 0 Å². The summed E-state index contributed by atoms with van der Waals surface area (Å²) in [5.41, 5.74) is 2.09. The van der Waals surface area contributed by atoms with Crippen molar-refractivity contribution in [3.8, 4) is 11.1 Å². The minimum Gasteiger partial charge on any atom is -0.481 e. The number of alkyl halides is 6. The molecular formula is C33H37F6NO2. The Morgan fingerprint density at radius 2 is 1.33 bits per heavy atom. The first-order valence-corrected chi connectivity index (χ1v) is 13.9. The van der Waals surface area contributed by atoms with E-state index in [9.17, 15) is 36.2 Å². The molecule has 1 atom stereocenters. The highest BCUT2D eigenvalue weighted by Crippen LogP contribution is 2.39. The van der Waals surface area contributed by atoms with Crippen molar-refractivity contribution in [1.29, 1.82) is 0 Å². The molecule has 0 aliphatic heterocycles. The van der Waals surface area contributed by atoms with E-state index in [1.807, 2.05) is 44.7 Å². The molecule has 1 unspecified atom stereocenters. The average molecular weight is 594 g/mol. The smallest absolute Gasteiger partial charge is 0.416 e. The van der Waals surface area contributed by atoms with E-state index >= 15 is 0 Å². The fraction of sp³-hybridized carbons (Fsp3) is 0.424. The molecule has 0 spiro atoms. The molecule has 0 saturated carbocycles. The summed E-state index contributed by atoms with van der Waals surface area (Å²) in [6.45, 7) is 10.5. The van der Waals surface area contributed by atoms with Gasteiger partial charge in [0.2, 0.25) is 0 Å². The Balaban J connectivity index is 2.19. The molecule has 1 N–H and O–H groups in total. The highest BCUT2D eigenvalue weighted by molar-refractivity contribution is 5.81. The predicted molar refractivity (Wildman–Crippen MR) is 153 cm³/mol. The zero-order chi connectivity index (χ0) is 31.4. The maximum atomic E-state index is 13.3. The van der Waals surface area contributed by atoms with Crippen molar-refractivity contribution in [2.45, 2.75) is 72.3 Å². The van der Waals surface area contributed by atoms with E-state index in [2.05, 4.69) is 0 Å². The van der Waals surface area contributed by atoms with Crippen LogP contribution >= 0.6 is 0 Å². The van der Waals surface area contributed by atoms with Gasteiger partial charge in [0.1, 0.15) is 0 Å². The second-order valence-electron chi connectivity index (χ2n) is 11.6. The van der Waals surface area contributed by atoms with Crippen LogP contribution in [0.15, 0.2) is 60.7 Å². The maximum absolute atomic E-state index is 13.3. The van der Waals surface area contributed by atoms with Crippen LogP contribution in [0.5, 0.6) is 0 Å². The fourth-order valence-electron chi connectivity index (χ4n) is 4.97. The molecule has 0 aliphatic rings. The Morgan fingerprint density at radius 3 is 1.79 bits per heavy atom. The van der Waals surface area contributed by atoms with Crippen LogP contribution in [-0.4, -0.2) is 17.6 Å². The van der Waals surface area contributed by atoms with Gasteiger partial charge in [0.15, 0.2) is 0 Å². The molecule has 0 saturated heterocycles. The van der Waals surface area contributed by atoms with Gasteiger partial charge in [-0.15, -0.1) is 0 Å². The highest BCUT2D eigenvalue weighted by atomic mass is 19.4. The van der Waals surface area contributed by atoms with Crippen molar-refractivity contribution >= 4 is 11.7 Å². The summed E-state index contributed by atoms with van der Waals surface area (Å²) in [6.07, 6.45) is -7.84. The number of carboxylic acids is 1. The largest absolute Gasteiger partial charge is 0.481 e. The Kier molecular flexibility index (Phi) is 10.4. The number of carboxylic acid groups (broad SMARTS) is 1. The van der Waals surface area contributed by atoms with Gasteiger partial charge in [-0.1, -0.05) is 52.0 Å². The molecule has 0 amide bonds. The molecule has 0 aromatic heterocycles. The molecule has 0 bridgehead atoms. The number of hydrogen-bond donors (Lipinski definition) is 1. The number of halogens is 6. The topological polar surface area (TPSA) is 40.5 Å². The summed E-state index contributed by atoms with van der Waals surface area (Å²) in [4.78, 5) is 14.5. The molecule has 3 nitrogen and oxygen atoms in total. The summed E-state index contributed by atoms with van der Waals surface area (Å²) in [6, 6.07) is 13.3. The van der Waals surface area contributed by atoms with E-state index in [0.29, 0.717) is 52.4 Å². The third-order valence-electron chi connectivity index (χ3n) is 7.33. The van der Waals surface area contributed by atoms with Gasteiger partial charge in [0.05, 0.1) is 17.0 Å². The van der Waals surface area contributed by atoms with E-state index in [0.717, 1.165) is 30.7 Å². The lowest BCUT2D eigenvalue weighted by molar-refractivity contribution is -0.139. The van der Waals surface area contributed by atoms with Crippen molar-refractivity contribution in [3.63, 3.8) is 0 Å². The van der Waals surface area contributed by atoms with Gasteiger partial charge in [-0.25, -0.2) is 0 Å². The minimum absolute atomic E-state index is 0.0628. The van der Waals surface area contributed by atoms with E-state index in [1.165, 1.54) is 24.3 Å². The lowest BCUT2D eigenvalue weighted by Crippen LogP contribution is -2.26. The summed E-state index contributed by atoms with van der Waals surface area (Å²) < 4.78 is 79.2. The van der Waals surface area contributed by atoms with E-state index in [4.69, 9.17) is 0 Å². The first-order valence-electron chi connectivity index (χ1n) is 13.9. The number of hydrogen-bond acceptors (Lipinski definition) is 2. The number of aliphatic carboxylic acids is 1. The summed E-state index contributed by atoms with van der Waals surface area (Å²) in [7, 11) is 0. The maximum Gasteiger partial charge on any atom is 0.416 e. The predicted octanol–water partition coefficient (Wildman–Crippen LogP) is 9.97. The second-order valence-corrected chi connectivity index (χ2v) is 11.6. The molecule has 228 valence electrons. The summed E-state index contributed by atoms with van der Waals surface area (Å²) in [5.74, 6) is -1.48. The number of rotatable bonds is 11. The third kappa shape index (κ3) is 8.52. The van der Waals surface area contributed by atoms with Crippen LogP contribution in [0.4, 0.5) is 32.0 Å². The molecule has 0 aliphatic carbocycles. The Morgan fingerprint density at radius 1 is 0.810 bits per heavy atom. The normalized spacial score (nSPS) is 13.1. The molecule has 0 heterocycles. The lowest BCUT2D eigenvalue weighted by atomic mass is 9.84. The summed E-state index contributed by atoms with van der Waals surface area (Å²) in [5, 5.41) is 10.2. The van der Waals surface area contributed by atoms with E-state index in [-0.39, 0.29) is 12.5 Å². The lowest BCUT2D eigenvalue weighted by Gasteiger charge is -2.29. The molecular weight excluding hydrogens is 556 g/mol. The zero-order valence-corrected chi connectivity index (χ0v) is 24.4. The summed E-state index contributed by atoms with van der Waals surface area (Å²) >= 11 is 0. The van der Waals surface area contributed by atoms with Crippen LogP contribution < -0.4 is 4.90 Å². The molecule has 3 aromatic carbocycles. The molecule has 3 rings (SSSR count). The monoisotopic (exact) mass is 593 g/mol. The van der Waals surface area contributed by atoms with E-state index < -0.39 is 35.4 Å². The number of nitrogens with zero attached hydrogens (tertiary/aromatic N) is 1. The van der Waals surface area contributed by atoms with Crippen LogP contribution in [0.3, 0.4) is 0 Å². The van der Waals surface area contributed by atoms with Crippen molar-refractivity contribution in [2.24, 2.45) is 11.8 Å². The molecule has 42 heavy (non-hydrogen) atoms. The SMILES string of the molecule is Cc1c(-c2ccc(C(F)(F)F)cc2)cc(N(CCC(C)C)Cc2ccc(C(F)(F)F)cc2)cc1C(CC(C)C)C(=O)O. The Bertz CT molecular complexity index is 1340. The van der Waals surface area contributed by atoms with Crippen LogP contribution in [0.25, 0.3) is 11.1 Å². The number of benzene rings is 3. The van der Waals surface area contributed by atoms with Gasteiger partial charge in [-0.05, 0) is 95.8 Å². The number of carbonyl (C=O) groups is 1. The molecule has 3 aromatic rings. The fourth-order valence-corrected chi connectivity index (χ4v) is 4.97. The Labute approximate surface area is 243 Å². The van der Waals surface area contributed by atoms with Crippen LogP contribution in [0, 0.1) is 18.8 Å². The first kappa shape index (κ1) is 33.0.